The summed E-state index contributed by atoms with van der Waals surface area (Å²) in [5.74, 6) is 1.65. The van der Waals surface area contributed by atoms with Crippen LogP contribution in [-0.2, 0) is 11.3 Å². The Labute approximate surface area is 152 Å². The van der Waals surface area contributed by atoms with Crippen LogP contribution in [0.25, 0.3) is 11.4 Å². The van der Waals surface area contributed by atoms with Crippen molar-refractivity contribution >= 4 is 17.7 Å². The van der Waals surface area contributed by atoms with Crippen molar-refractivity contribution in [2.24, 2.45) is 0 Å². The Morgan fingerprint density at radius 1 is 1.36 bits per heavy atom. The fourth-order valence-electron chi connectivity index (χ4n) is 2.30. The van der Waals surface area contributed by atoms with Crippen LogP contribution < -0.4 is 10.1 Å². The van der Waals surface area contributed by atoms with E-state index in [0.29, 0.717) is 17.5 Å². The predicted octanol–water partition coefficient (Wildman–Crippen LogP) is 3.15. The first-order valence-electron chi connectivity index (χ1n) is 7.97. The number of thioether (sulfide) groups is 1. The molecule has 0 atom stereocenters. The fourth-order valence-corrected chi connectivity index (χ4v) is 3.05. The first-order chi connectivity index (χ1) is 11.9. The molecule has 25 heavy (non-hydrogen) atoms. The van der Waals surface area contributed by atoms with Gasteiger partial charge in [0.2, 0.25) is 5.91 Å². The van der Waals surface area contributed by atoms with Gasteiger partial charge in [-0.25, -0.2) is 0 Å². The molecule has 0 saturated carbocycles. The maximum Gasteiger partial charge on any atom is 0.230 e. The van der Waals surface area contributed by atoms with E-state index >= 15 is 0 Å². The number of hydrogen-bond acceptors (Lipinski definition) is 5. The standard InChI is InChI=1S/C18H24N4O2S/c1-6-11-22-16(13-9-7-8-10-14(13)24-5)20-21-17(22)25-12-15(23)19-18(2,3)4/h6-10H,1,11-12H2,2-5H3,(H,19,23). The van der Waals surface area contributed by atoms with Crippen LogP contribution in [0.4, 0.5) is 0 Å². The highest BCUT2D eigenvalue weighted by Crippen LogP contribution is 2.30. The molecular formula is C18H24N4O2S. The summed E-state index contributed by atoms with van der Waals surface area (Å²) in [7, 11) is 1.62. The quantitative estimate of drug-likeness (QED) is 0.607. The van der Waals surface area contributed by atoms with E-state index in [4.69, 9.17) is 4.74 Å². The molecule has 0 aliphatic heterocycles. The summed E-state index contributed by atoms with van der Waals surface area (Å²) in [6.07, 6.45) is 1.78. The molecule has 0 aliphatic carbocycles. The molecule has 0 saturated heterocycles. The molecule has 2 rings (SSSR count). The number of rotatable bonds is 7. The minimum Gasteiger partial charge on any atom is -0.496 e. The molecule has 6 nitrogen and oxygen atoms in total. The van der Waals surface area contributed by atoms with Gasteiger partial charge in [0, 0.05) is 12.1 Å². The van der Waals surface area contributed by atoms with E-state index in [9.17, 15) is 4.79 Å². The van der Waals surface area contributed by atoms with Gasteiger partial charge in [-0.3, -0.25) is 9.36 Å². The number of allylic oxidation sites excluding steroid dienone is 1. The summed E-state index contributed by atoms with van der Waals surface area (Å²) in [6.45, 7) is 10.2. The first kappa shape index (κ1) is 19.1. The average Bonchev–Trinajstić information content (AvgIpc) is 2.94. The van der Waals surface area contributed by atoms with Gasteiger partial charge in [0.25, 0.3) is 0 Å². The number of carbonyl (C=O) groups is 1. The van der Waals surface area contributed by atoms with Gasteiger partial charge in [0.15, 0.2) is 11.0 Å². The summed E-state index contributed by atoms with van der Waals surface area (Å²) in [5, 5.41) is 12.2. The minimum absolute atomic E-state index is 0.0375. The molecule has 0 aliphatic rings. The number of methoxy groups -OCH3 is 1. The third-order valence-electron chi connectivity index (χ3n) is 3.22. The largest absolute Gasteiger partial charge is 0.496 e. The molecule has 0 bridgehead atoms. The van der Waals surface area contributed by atoms with Gasteiger partial charge in [0.05, 0.1) is 18.4 Å². The molecule has 7 heteroatoms. The van der Waals surface area contributed by atoms with Gasteiger partial charge < -0.3 is 10.1 Å². The molecule has 1 aromatic carbocycles. The molecule has 1 heterocycles. The SMILES string of the molecule is C=CCn1c(SCC(=O)NC(C)(C)C)nnc1-c1ccccc1OC. The molecule has 1 aromatic heterocycles. The minimum atomic E-state index is -0.255. The van der Waals surface area contributed by atoms with Crippen molar-refractivity contribution in [2.45, 2.75) is 38.0 Å². The molecule has 2 aromatic rings. The third-order valence-corrected chi connectivity index (χ3v) is 4.19. The molecule has 0 radical (unpaired) electrons. The number of nitrogens with one attached hydrogen (secondary N) is 1. The van der Waals surface area contributed by atoms with Gasteiger partial charge in [0.1, 0.15) is 5.75 Å². The van der Waals surface area contributed by atoms with Gasteiger partial charge in [-0.1, -0.05) is 30.0 Å². The fraction of sp³-hybridized carbons (Fsp3) is 0.389. The molecule has 1 amide bonds. The van der Waals surface area contributed by atoms with Gasteiger partial charge in [-0.05, 0) is 32.9 Å². The van der Waals surface area contributed by atoms with Crippen molar-refractivity contribution in [1.29, 1.82) is 0 Å². The van der Waals surface area contributed by atoms with E-state index in [1.807, 2.05) is 49.6 Å². The second-order valence-corrected chi connectivity index (χ2v) is 7.44. The number of hydrogen-bond donors (Lipinski definition) is 1. The van der Waals surface area contributed by atoms with E-state index in [2.05, 4.69) is 22.1 Å². The van der Waals surface area contributed by atoms with E-state index in [0.717, 1.165) is 11.3 Å². The van der Waals surface area contributed by atoms with E-state index < -0.39 is 0 Å². The van der Waals surface area contributed by atoms with Crippen LogP contribution in [0.1, 0.15) is 20.8 Å². The number of nitrogens with zero attached hydrogens (tertiary/aromatic N) is 3. The normalized spacial score (nSPS) is 11.2. The monoisotopic (exact) mass is 360 g/mol. The molecule has 134 valence electrons. The second kappa shape index (κ2) is 8.20. The van der Waals surface area contributed by atoms with E-state index in [1.54, 1.807) is 13.2 Å². The van der Waals surface area contributed by atoms with Crippen LogP contribution in [0.5, 0.6) is 5.75 Å². The smallest absolute Gasteiger partial charge is 0.230 e. The number of benzene rings is 1. The number of carbonyl (C=O) groups excluding carboxylic acids is 1. The summed E-state index contributed by atoms with van der Waals surface area (Å²) >= 11 is 1.35. The summed E-state index contributed by atoms with van der Waals surface area (Å²) in [6, 6.07) is 7.65. The van der Waals surface area contributed by atoms with Gasteiger partial charge in [-0.2, -0.15) is 0 Å². The zero-order valence-electron chi connectivity index (χ0n) is 15.1. The lowest BCUT2D eigenvalue weighted by Crippen LogP contribution is -2.41. The topological polar surface area (TPSA) is 69.0 Å². The van der Waals surface area contributed by atoms with Crippen molar-refractivity contribution in [3.63, 3.8) is 0 Å². The van der Waals surface area contributed by atoms with Crippen LogP contribution in [0.15, 0.2) is 42.1 Å². The predicted molar refractivity (Wildman–Crippen MR) is 101 cm³/mol. The van der Waals surface area contributed by atoms with Crippen LogP contribution in [-0.4, -0.2) is 39.1 Å². The molecule has 0 unspecified atom stereocenters. The van der Waals surface area contributed by atoms with Crippen molar-refractivity contribution in [1.82, 2.24) is 20.1 Å². The number of amides is 1. The maximum absolute atomic E-state index is 12.0. The van der Waals surface area contributed by atoms with Crippen LogP contribution in [0.3, 0.4) is 0 Å². The van der Waals surface area contributed by atoms with Crippen LogP contribution in [0.2, 0.25) is 0 Å². The highest BCUT2D eigenvalue weighted by Gasteiger charge is 2.19. The number of ether oxygens (including phenoxy) is 1. The molecule has 0 fully saturated rings. The lowest BCUT2D eigenvalue weighted by Gasteiger charge is -2.20. The van der Waals surface area contributed by atoms with Gasteiger partial charge >= 0.3 is 0 Å². The molecule has 1 N–H and O–H groups in total. The Morgan fingerprint density at radius 2 is 2.08 bits per heavy atom. The maximum atomic E-state index is 12.0. The Kier molecular flexibility index (Phi) is 6.25. The zero-order chi connectivity index (χ0) is 18.4. The second-order valence-electron chi connectivity index (χ2n) is 6.49. The lowest BCUT2D eigenvalue weighted by atomic mass is 10.1. The Morgan fingerprint density at radius 3 is 2.72 bits per heavy atom. The van der Waals surface area contributed by atoms with E-state index in [1.165, 1.54) is 11.8 Å². The average molecular weight is 360 g/mol. The van der Waals surface area contributed by atoms with Crippen molar-refractivity contribution in [3.8, 4) is 17.1 Å². The van der Waals surface area contributed by atoms with Crippen LogP contribution in [0, 0.1) is 0 Å². The Balaban J connectivity index is 2.25. The lowest BCUT2D eigenvalue weighted by molar-refractivity contribution is -0.119. The van der Waals surface area contributed by atoms with Crippen molar-refractivity contribution in [3.05, 3.63) is 36.9 Å². The summed E-state index contributed by atoms with van der Waals surface area (Å²) in [5.41, 5.74) is 0.597. The summed E-state index contributed by atoms with van der Waals surface area (Å²) < 4.78 is 7.35. The first-order valence-corrected chi connectivity index (χ1v) is 8.95. The zero-order valence-corrected chi connectivity index (χ0v) is 15.9. The number of para-hydroxylation sites is 1. The summed E-state index contributed by atoms with van der Waals surface area (Å²) in [4.78, 5) is 12.0. The van der Waals surface area contributed by atoms with Crippen LogP contribution >= 0.6 is 11.8 Å². The molecular weight excluding hydrogens is 336 g/mol. The van der Waals surface area contributed by atoms with Gasteiger partial charge in [-0.15, -0.1) is 16.8 Å². The third kappa shape index (κ3) is 5.09. The Bertz CT molecular complexity index is 750. The van der Waals surface area contributed by atoms with E-state index in [-0.39, 0.29) is 17.2 Å². The highest BCUT2D eigenvalue weighted by atomic mass is 32.2. The molecule has 0 spiro atoms. The highest BCUT2D eigenvalue weighted by molar-refractivity contribution is 7.99. The van der Waals surface area contributed by atoms with Crippen molar-refractivity contribution < 1.29 is 9.53 Å². The Hall–Kier alpha value is -2.28. The van der Waals surface area contributed by atoms with Crippen molar-refractivity contribution in [2.75, 3.05) is 12.9 Å². The number of aromatic nitrogens is 3.